The van der Waals surface area contributed by atoms with E-state index in [9.17, 15) is 18.0 Å². The van der Waals surface area contributed by atoms with Gasteiger partial charge in [-0.2, -0.15) is 13.2 Å². The van der Waals surface area contributed by atoms with Gasteiger partial charge in [0.05, 0.1) is 18.8 Å². The summed E-state index contributed by atoms with van der Waals surface area (Å²) in [4.78, 5) is 13.6. The van der Waals surface area contributed by atoms with E-state index in [1.807, 2.05) is 0 Å². The maximum absolute atomic E-state index is 13.3. The first-order valence-corrected chi connectivity index (χ1v) is 8.78. The van der Waals surface area contributed by atoms with E-state index in [0.717, 1.165) is 4.90 Å². The average Bonchev–Trinajstić information content (AvgIpc) is 2.63. The lowest BCUT2D eigenvalue weighted by atomic mass is 10.0. The molecule has 1 atom stereocenters. The van der Waals surface area contributed by atoms with Gasteiger partial charge in [0.1, 0.15) is 12.7 Å². The van der Waals surface area contributed by atoms with Crippen LogP contribution < -0.4 is 14.8 Å². The van der Waals surface area contributed by atoms with Crippen molar-refractivity contribution in [1.82, 2.24) is 4.90 Å². The molecule has 2 aromatic carbocycles. The molecule has 0 bridgehead atoms. The number of hydrogen-bond acceptors (Lipinski definition) is 4. The molecule has 3 rings (SSSR count). The molecule has 1 unspecified atom stereocenters. The van der Waals surface area contributed by atoms with Crippen molar-refractivity contribution >= 4 is 11.6 Å². The Labute approximate surface area is 161 Å². The largest absolute Gasteiger partial charge is 0.493 e. The second kappa shape index (κ2) is 7.61. The van der Waals surface area contributed by atoms with Gasteiger partial charge in [-0.3, -0.25) is 4.79 Å². The van der Waals surface area contributed by atoms with Crippen molar-refractivity contribution in [3.8, 4) is 11.5 Å². The molecule has 8 heteroatoms. The Morgan fingerprint density at radius 3 is 2.50 bits per heavy atom. The molecule has 2 aromatic rings. The zero-order valence-corrected chi connectivity index (χ0v) is 15.7. The number of carbonyl (C=O) groups excluding carboxylic acids is 1. The Kier molecular flexibility index (Phi) is 5.40. The summed E-state index contributed by atoms with van der Waals surface area (Å²) < 4.78 is 50.9. The van der Waals surface area contributed by atoms with Gasteiger partial charge in [0.25, 0.3) is 5.91 Å². The van der Waals surface area contributed by atoms with Gasteiger partial charge in [0, 0.05) is 11.3 Å². The Bertz CT molecular complexity index is 868. The molecule has 1 aliphatic rings. The molecule has 0 fully saturated rings. The number of nitrogens with one attached hydrogen (secondary N) is 1. The number of benzene rings is 2. The summed E-state index contributed by atoms with van der Waals surface area (Å²) in [7, 11) is 1.45. The van der Waals surface area contributed by atoms with Crippen LogP contribution >= 0.6 is 0 Å². The molecule has 5 nitrogen and oxygen atoms in total. The molecule has 150 valence electrons. The summed E-state index contributed by atoms with van der Waals surface area (Å²) in [5.41, 5.74) is 1.05. The fraction of sp³-hybridized carbons (Fsp3) is 0.350. The van der Waals surface area contributed by atoms with Gasteiger partial charge in [-0.15, -0.1) is 0 Å². The molecule has 0 aliphatic carbocycles. The number of nitrogens with zero attached hydrogens (tertiary/aromatic N) is 1. The van der Waals surface area contributed by atoms with Crippen molar-refractivity contribution in [1.29, 1.82) is 0 Å². The van der Waals surface area contributed by atoms with Crippen LogP contribution in [0, 0.1) is 0 Å². The summed E-state index contributed by atoms with van der Waals surface area (Å²) in [6.07, 6.45) is -5.86. The molecule has 28 heavy (non-hydrogen) atoms. The summed E-state index contributed by atoms with van der Waals surface area (Å²) >= 11 is 0. The number of ether oxygens (including phenoxy) is 2. The van der Waals surface area contributed by atoms with Gasteiger partial charge in [-0.25, -0.2) is 0 Å². The zero-order valence-electron chi connectivity index (χ0n) is 15.7. The standard InChI is InChI=1S/C20H21F3N2O3/c1-12(2)28-17-14(8-6-10-16(17)27-3)18-24-15-9-5-4-7-13(15)19(26)25(18)11-20(21,22)23/h4-10,12,18,24H,11H2,1-3H3. The maximum atomic E-state index is 13.3. The van der Waals surface area contributed by atoms with E-state index in [1.165, 1.54) is 13.2 Å². The summed E-state index contributed by atoms with van der Waals surface area (Å²) in [6, 6.07) is 11.4. The first-order valence-electron chi connectivity index (χ1n) is 8.78. The van der Waals surface area contributed by atoms with Crippen LogP contribution in [0.15, 0.2) is 42.5 Å². The maximum Gasteiger partial charge on any atom is 0.406 e. The number of anilines is 1. The quantitative estimate of drug-likeness (QED) is 0.805. The van der Waals surface area contributed by atoms with E-state index in [-0.39, 0.29) is 11.7 Å². The molecule has 0 aromatic heterocycles. The van der Waals surface area contributed by atoms with Crippen molar-refractivity contribution < 1.29 is 27.4 Å². The average molecular weight is 394 g/mol. The van der Waals surface area contributed by atoms with Crippen molar-refractivity contribution in [3.63, 3.8) is 0 Å². The smallest absolute Gasteiger partial charge is 0.406 e. The minimum absolute atomic E-state index is 0.192. The van der Waals surface area contributed by atoms with Crippen LogP contribution in [-0.4, -0.2) is 36.7 Å². The normalized spacial score (nSPS) is 16.6. The van der Waals surface area contributed by atoms with E-state index in [2.05, 4.69) is 5.32 Å². The molecule has 1 heterocycles. The Balaban J connectivity index is 2.14. The first kappa shape index (κ1) is 19.9. The van der Waals surface area contributed by atoms with Crippen LogP contribution in [0.25, 0.3) is 0 Å². The number of methoxy groups -OCH3 is 1. The van der Waals surface area contributed by atoms with Crippen LogP contribution in [0.3, 0.4) is 0 Å². The monoisotopic (exact) mass is 394 g/mol. The summed E-state index contributed by atoms with van der Waals surface area (Å²) in [5, 5.41) is 3.05. The van der Waals surface area contributed by atoms with Crippen molar-refractivity contribution in [2.24, 2.45) is 0 Å². The zero-order chi connectivity index (χ0) is 20.5. The Hall–Kier alpha value is -2.90. The molecule has 1 N–H and O–H groups in total. The van der Waals surface area contributed by atoms with E-state index in [4.69, 9.17) is 9.47 Å². The van der Waals surface area contributed by atoms with Crippen LogP contribution in [0.4, 0.5) is 18.9 Å². The molecule has 0 spiro atoms. The highest BCUT2D eigenvalue weighted by Crippen LogP contribution is 2.42. The highest BCUT2D eigenvalue weighted by molar-refractivity contribution is 6.01. The van der Waals surface area contributed by atoms with E-state index < -0.39 is 24.8 Å². The van der Waals surface area contributed by atoms with Crippen LogP contribution in [0.5, 0.6) is 11.5 Å². The number of para-hydroxylation sites is 2. The third-order valence-electron chi connectivity index (χ3n) is 4.25. The van der Waals surface area contributed by atoms with E-state index in [1.54, 1.807) is 50.2 Å². The number of alkyl halides is 3. The lowest BCUT2D eigenvalue weighted by molar-refractivity contribution is -0.144. The molecule has 0 radical (unpaired) electrons. The topological polar surface area (TPSA) is 50.8 Å². The number of carbonyl (C=O) groups is 1. The summed E-state index contributed by atoms with van der Waals surface area (Å²) in [5.74, 6) is -0.0156. The van der Waals surface area contributed by atoms with Gasteiger partial charge in [-0.1, -0.05) is 24.3 Å². The fourth-order valence-electron chi connectivity index (χ4n) is 3.17. The van der Waals surface area contributed by atoms with Gasteiger partial charge in [0.2, 0.25) is 0 Å². The third kappa shape index (κ3) is 4.00. The second-order valence-electron chi connectivity index (χ2n) is 6.69. The van der Waals surface area contributed by atoms with Gasteiger partial charge in [-0.05, 0) is 32.0 Å². The molecule has 1 aliphatic heterocycles. The predicted molar refractivity (Wildman–Crippen MR) is 98.7 cm³/mol. The minimum Gasteiger partial charge on any atom is -0.493 e. The van der Waals surface area contributed by atoms with Crippen LogP contribution in [0.2, 0.25) is 0 Å². The molecule has 0 saturated carbocycles. The first-order chi connectivity index (χ1) is 13.2. The number of hydrogen-bond donors (Lipinski definition) is 1. The van der Waals surface area contributed by atoms with Crippen molar-refractivity contribution in [2.45, 2.75) is 32.3 Å². The van der Waals surface area contributed by atoms with Gasteiger partial charge in [0.15, 0.2) is 11.5 Å². The number of rotatable bonds is 5. The number of fused-ring (bicyclic) bond motifs is 1. The third-order valence-corrected chi connectivity index (χ3v) is 4.25. The number of amides is 1. The van der Waals surface area contributed by atoms with Gasteiger partial charge < -0.3 is 19.7 Å². The molecular weight excluding hydrogens is 373 g/mol. The lowest BCUT2D eigenvalue weighted by Crippen LogP contribution is -2.47. The van der Waals surface area contributed by atoms with E-state index in [0.29, 0.717) is 22.7 Å². The second-order valence-corrected chi connectivity index (χ2v) is 6.69. The van der Waals surface area contributed by atoms with Crippen LogP contribution in [-0.2, 0) is 0 Å². The highest BCUT2D eigenvalue weighted by Gasteiger charge is 2.41. The lowest BCUT2D eigenvalue weighted by Gasteiger charge is -2.39. The van der Waals surface area contributed by atoms with Crippen molar-refractivity contribution in [3.05, 3.63) is 53.6 Å². The fourth-order valence-corrected chi connectivity index (χ4v) is 3.17. The Morgan fingerprint density at radius 1 is 1.14 bits per heavy atom. The molecule has 0 saturated heterocycles. The summed E-state index contributed by atoms with van der Waals surface area (Å²) in [6.45, 7) is 2.22. The SMILES string of the molecule is COc1cccc(C2Nc3ccccc3C(=O)N2CC(F)(F)F)c1OC(C)C. The van der Waals surface area contributed by atoms with E-state index >= 15 is 0 Å². The van der Waals surface area contributed by atoms with Crippen LogP contribution in [0.1, 0.15) is 35.9 Å². The molecule has 1 amide bonds. The van der Waals surface area contributed by atoms with Crippen molar-refractivity contribution in [2.75, 3.05) is 19.0 Å². The van der Waals surface area contributed by atoms with Gasteiger partial charge >= 0.3 is 6.18 Å². The highest BCUT2D eigenvalue weighted by atomic mass is 19.4. The molecular formula is C20H21F3N2O3. The number of halogens is 3. The Morgan fingerprint density at radius 2 is 1.86 bits per heavy atom. The predicted octanol–water partition coefficient (Wildman–Crippen LogP) is 4.61. The minimum atomic E-state index is -4.56.